The Bertz CT molecular complexity index is 673. The van der Waals surface area contributed by atoms with E-state index in [2.05, 4.69) is 22.4 Å². The summed E-state index contributed by atoms with van der Waals surface area (Å²) < 4.78 is 6.64. The maximum atomic E-state index is 12.2. The van der Waals surface area contributed by atoms with E-state index in [-0.39, 0.29) is 5.91 Å². The van der Waals surface area contributed by atoms with Gasteiger partial charge in [0.05, 0.1) is 0 Å². The molecule has 1 aromatic carbocycles. The topological polar surface area (TPSA) is 64.1 Å². The van der Waals surface area contributed by atoms with Crippen LogP contribution in [0.25, 0.3) is 0 Å². The lowest BCUT2D eigenvalue weighted by molar-refractivity contribution is -0.122. The minimum Gasteiger partial charge on any atom is -0.481 e. The second-order valence-electron chi connectivity index (χ2n) is 5.24. The van der Waals surface area contributed by atoms with Crippen molar-refractivity contribution >= 4 is 34.1 Å². The lowest BCUT2D eigenvalue weighted by Crippen LogP contribution is -2.30. The maximum absolute atomic E-state index is 12.2. The molecule has 1 unspecified atom stereocenters. The van der Waals surface area contributed by atoms with Crippen molar-refractivity contribution in [3.63, 3.8) is 0 Å². The van der Waals surface area contributed by atoms with E-state index in [1.807, 2.05) is 32.0 Å². The van der Waals surface area contributed by atoms with Crippen molar-refractivity contribution < 1.29 is 9.53 Å². The molecule has 2 rings (SSSR count). The fraction of sp³-hybridized carbons (Fsp3) is 0.438. The molecule has 0 fully saturated rings. The van der Waals surface area contributed by atoms with Gasteiger partial charge in [-0.15, -0.1) is 10.2 Å². The molecule has 0 radical (unpaired) electrons. The average Bonchev–Trinajstić information content (AvgIpc) is 2.96. The van der Waals surface area contributed by atoms with Crippen LogP contribution in [-0.2, 0) is 4.79 Å². The first-order valence-electron chi connectivity index (χ1n) is 7.50. The highest BCUT2D eigenvalue weighted by molar-refractivity contribution is 8.01. The molecule has 1 amide bonds. The Hall–Kier alpha value is -1.60. The van der Waals surface area contributed by atoms with Gasteiger partial charge in [0.1, 0.15) is 5.75 Å². The van der Waals surface area contributed by atoms with Gasteiger partial charge in [0.25, 0.3) is 5.91 Å². The number of nitrogens with one attached hydrogen (secondary N) is 1. The van der Waals surface area contributed by atoms with E-state index in [4.69, 9.17) is 4.74 Å². The molecule has 1 aromatic heterocycles. The first kappa shape index (κ1) is 17.7. The summed E-state index contributed by atoms with van der Waals surface area (Å²) in [6.45, 7) is 7.79. The summed E-state index contributed by atoms with van der Waals surface area (Å²) in [6.07, 6.45) is 0.471. The molecule has 1 atom stereocenters. The van der Waals surface area contributed by atoms with Crippen molar-refractivity contribution in [3.8, 4) is 5.75 Å². The van der Waals surface area contributed by atoms with Gasteiger partial charge in [-0.25, -0.2) is 0 Å². The largest absolute Gasteiger partial charge is 0.481 e. The van der Waals surface area contributed by atoms with Gasteiger partial charge in [-0.05, 0) is 44.4 Å². The first-order chi connectivity index (χ1) is 11.0. The van der Waals surface area contributed by atoms with Crippen LogP contribution in [0, 0.1) is 13.8 Å². The molecule has 7 heteroatoms. The molecule has 23 heavy (non-hydrogen) atoms. The van der Waals surface area contributed by atoms with Gasteiger partial charge in [-0.1, -0.05) is 42.2 Å². The molecular weight excluding hydrogens is 330 g/mol. The number of nitrogens with zero attached hydrogens (tertiary/aromatic N) is 2. The Morgan fingerprint density at radius 2 is 2.17 bits per heavy atom. The van der Waals surface area contributed by atoms with Crippen LogP contribution in [0.2, 0.25) is 0 Å². The summed E-state index contributed by atoms with van der Waals surface area (Å²) in [5.41, 5.74) is 2.10. The Morgan fingerprint density at radius 1 is 1.39 bits per heavy atom. The molecule has 1 N–H and O–H groups in total. The van der Waals surface area contributed by atoms with E-state index in [1.54, 1.807) is 18.7 Å². The van der Waals surface area contributed by atoms with Crippen LogP contribution in [0.1, 0.15) is 31.4 Å². The minimum absolute atomic E-state index is 0.228. The van der Waals surface area contributed by atoms with Crippen LogP contribution in [0.4, 0.5) is 5.13 Å². The average molecular weight is 351 g/mol. The molecule has 124 valence electrons. The number of hydrogen-bond donors (Lipinski definition) is 1. The fourth-order valence-electron chi connectivity index (χ4n) is 1.79. The van der Waals surface area contributed by atoms with Crippen LogP contribution in [0.15, 0.2) is 22.5 Å². The molecule has 0 saturated heterocycles. The molecule has 0 aliphatic heterocycles. The number of amides is 1. The van der Waals surface area contributed by atoms with Crippen LogP contribution >= 0.6 is 23.1 Å². The Morgan fingerprint density at radius 3 is 2.91 bits per heavy atom. The van der Waals surface area contributed by atoms with Crippen molar-refractivity contribution in [1.29, 1.82) is 0 Å². The van der Waals surface area contributed by atoms with Crippen LogP contribution in [-0.4, -0.2) is 28.0 Å². The van der Waals surface area contributed by atoms with Crippen LogP contribution < -0.4 is 10.1 Å². The molecule has 0 bridgehead atoms. The number of thioether (sulfide) groups is 1. The lowest BCUT2D eigenvalue weighted by Gasteiger charge is -2.15. The minimum atomic E-state index is -0.605. The highest BCUT2D eigenvalue weighted by Gasteiger charge is 2.18. The summed E-state index contributed by atoms with van der Waals surface area (Å²) in [7, 11) is 0. The quantitative estimate of drug-likeness (QED) is 0.602. The smallest absolute Gasteiger partial charge is 0.266 e. The predicted molar refractivity (Wildman–Crippen MR) is 95.6 cm³/mol. The fourth-order valence-corrected chi connectivity index (χ4v) is 3.47. The third-order valence-electron chi connectivity index (χ3n) is 3.08. The van der Waals surface area contributed by atoms with Gasteiger partial charge in [-0.2, -0.15) is 0 Å². The normalized spacial score (nSPS) is 12.0. The van der Waals surface area contributed by atoms with E-state index in [9.17, 15) is 4.79 Å². The van der Waals surface area contributed by atoms with Crippen LogP contribution in [0.3, 0.4) is 0 Å². The summed E-state index contributed by atoms with van der Waals surface area (Å²) in [6, 6.07) is 5.94. The van der Waals surface area contributed by atoms with Crippen molar-refractivity contribution in [2.45, 2.75) is 44.6 Å². The third-order valence-corrected chi connectivity index (χ3v) is 5.26. The van der Waals surface area contributed by atoms with Crippen molar-refractivity contribution in [2.75, 3.05) is 11.1 Å². The number of carbonyl (C=O) groups excluding carboxylic acids is 1. The first-order valence-corrected chi connectivity index (χ1v) is 9.31. The summed E-state index contributed by atoms with van der Waals surface area (Å²) in [4.78, 5) is 12.2. The SMILES string of the molecule is CCCSc1nnc(NC(=O)C(C)Oc2cc(C)ccc2C)s1. The Kier molecular flexibility index (Phi) is 6.41. The zero-order valence-electron chi connectivity index (χ0n) is 13.8. The van der Waals surface area contributed by atoms with Gasteiger partial charge in [0.2, 0.25) is 5.13 Å². The second-order valence-corrected chi connectivity index (χ2v) is 7.56. The maximum Gasteiger partial charge on any atom is 0.266 e. The van der Waals surface area contributed by atoms with E-state index in [0.29, 0.717) is 5.13 Å². The highest BCUT2D eigenvalue weighted by Crippen LogP contribution is 2.26. The highest BCUT2D eigenvalue weighted by atomic mass is 32.2. The summed E-state index contributed by atoms with van der Waals surface area (Å²) in [5, 5.41) is 11.3. The van der Waals surface area contributed by atoms with E-state index < -0.39 is 6.10 Å². The summed E-state index contributed by atoms with van der Waals surface area (Å²) in [5.74, 6) is 1.49. The monoisotopic (exact) mass is 351 g/mol. The van der Waals surface area contributed by atoms with Crippen molar-refractivity contribution in [2.24, 2.45) is 0 Å². The van der Waals surface area contributed by atoms with Crippen molar-refractivity contribution in [3.05, 3.63) is 29.3 Å². The Labute approximate surface area is 144 Å². The number of rotatable bonds is 7. The van der Waals surface area contributed by atoms with Gasteiger partial charge >= 0.3 is 0 Å². The van der Waals surface area contributed by atoms with Gasteiger partial charge < -0.3 is 4.74 Å². The van der Waals surface area contributed by atoms with E-state index in [1.165, 1.54) is 11.3 Å². The molecule has 5 nitrogen and oxygen atoms in total. The predicted octanol–water partition coefficient (Wildman–Crippen LogP) is 4.06. The second kappa shape index (κ2) is 8.31. The Balaban J connectivity index is 1.94. The zero-order chi connectivity index (χ0) is 16.8. The van der Waals surface area contributed by atoms with Crippen molar-refractivity contribution in [1.82, 2.24) is 10.2 Å². The molecular formula is C16H21N3O2S2. The number of benzene rings is 1. The molecule has 2 aromatic rings. The number of anilines is 1. The molecule has 1 heterocycles. The van der Waals surface area contributed by atoms with E-state index >= 15 is 0 Å². The van der Waals surface area contributed by atoms with Gasteiger partial charge in [-0.3, -0.25) is 10.1 Å². The van der Waals surface area contributed by atoms with Crippen LogP contribution in [0.5, 0.6) is 5.75 Å². The standard InChI is InChI=1S/C16H21N3O2S2/c1-5-8-22-16-19-18-15(23-16)17-14(20)12(4)21-13-9-10(2)6-7-11(13)3/h6-7,9,12H,5,8H2,1-4H3,(H,17,18,20). The number of ether oxygens (including phenoxy) is 1. The molecule has 0 aliphatic rings. The van der Waals surface area contributed by atoms with Gasteiger partial charge in [0.15, 0.2) is 10.4 Å². The number of hydrogen-bond acceptors (Lipinski definition) is 6. The number of aromatic nitrogens is 2. The van der Waals surface area contributed by atoms with Gasteiger partial charge in [0, 0.05) is 5.75 Å². The number of carbonyl (C=O) groups is 1. The van der Waals surface area contributed by atoms with E-state index in [0.717, 1.165) is 33.4 Å². The third kappa shape index (κ3) is 5.21. The zero-order valence-corrected chi connectivity index (χ0v) is 15.4. The molecule has 0 aliphatic carbocycles. The lowest BCUT2D eigenvalue weighted by atomic mass is 10.1. The number of aryl methyl sites for hydroxylation is 2. The molecule has 0 saturated carbocycles. The summed E-state index contributed by atoms with van der Waals surface area (Å²) >= 11 is 3.03. The molecule has 0 spiro atoms.